The molecular weight excluding hydrogens is 262 g/mol. The number of rotatable bonds is 2. The first-order chi connectivity index (χ1) is 8.34. The van der Waals surface area contributed by atoms with E-state index < -0.39 is 29.5 Å². The smallest absolute Gasteiger partial charge is 0.262 e. The summed E-state index contributed by atoms with van der Waals surface area (Å²) in [5.74, 6) is -3.82. The predicted molar refractivity (Wildman–Crippen MR) is 63.1 cm³/mol. The lowest BCUT2D eigenvalue weighted by Crippen LogP contribution is -2.45. The number of carbonyl (C=O) groups is 2. The Hall–Kier alpha value is -1.89. The van der Waals surface area contributed by atoms with E-state index in [1.807, 2.05) is 0 Å². The second kappa shape index (κ2) is 4.09. The minimum atomic E-state index is -1.18. The average Bonchev–Trinajstić information content (AvgIpc) is 2.52. The van der Waals surface area contributed by atoms with Crippen molar-refractivity contribution < 1.29 is 18.4 Å². The largest absolute Gasteiger partial charge is 0.392 e. The number of fused-ring (bicyclic) bond motifs is 1. The van der Waals surface area contributed by atoms with Gasteiger partial charge in [0.15, 0.2) is 11.6 Å². The maximum absolute atomic E-state index is 13.1. The van der Waals surface area contributed by atoms with E-state index in [9.17, 15) is 18.4 Å². The number of carbonyl (C=O) groups excluding carboxylic acids is 2. The SMILES string of the molecule is CC(C(N)=S)N1C(=O)c2cc(F)c(F)cc2C1=O. The first kappa shape index (κ1) is 12.6. The number of nitrogens with zero attached hydrogens (tertiary/aromatic N) is 1. The van der Waals surface area contributed by atoms with E-state index in [1.165, 1.54) is 6.92 Å². The number of hydrogen-bond acceptors (Lipinski definition) is 3. The summed E-state index contributed by atoms with van der Waals surface area (Å²) in [6.07, 6.45) is 0. The average molecular weight is 270 g/mol. The first-order valence-corrected chi connectivity index (χ1v) is 5.41. The van der Waals surface area contributed by atoms with Gasteiger partial charge in [0.05, 0.1) is 22.2 Å². The first-order valence-electron chi connectivity index (χ1n) is 5.01. The summed E-state index contributed by atoms with van der Waals surface area (Å²) in [4.78, 5) is 24.6. The second-order valence-electron chi connectivity index (χ2n) is 3.87. The van der Waals surface area contributed by atoms with Crippen LogP contribution in [0.1, 0.15) is 27.6 Å². The van der Waals surface area contributed by atoms with Crippen molar-refractivity contribution in [2.45, 2.75) is 13.0 Å². The van der Waals surface area contributed by atoms with E-state index in [1.54, 1.807) is 0 Å². The van der Waals surface area contributed by atoms with Crippen molar-refractivity contribution in [3.8, 4) is 0 Å². The molecule has 1 atom stereocenters. The molecule has 0 bridgehead atoms. The molecule has 1 aromatic rings. The van der Waals surface area contributed by atoms with Gasteiger partial charge in [0.1, 0.15) is 0 Å². The van der Waals surface area contributed by atoms with Crippen LogP contribution < -0.4 is 5.73 Å². The molecule has 0 radical (unpaired) electrons. The summed E-state index contributed by atoms with van der Waals surface area (Å²) in [5.41, 5.74) is 5.01. The maximum Gasteiger partial charge on any atom is 0.262 e. The highest BCUT2D eigenvalue weighted by atomic mass is 32.1. The molecule has 0 saturated carbocycles. The number of nitrogens with two attached hydrogens (primary N) is 1. The highest BCUT2D eigenvalue weighted by Gasteiger charge is 2.40. The maximum atomic E-state index is 13.1. The summed E-state index contributed by atoms with van der Waals surface area (Å²) < 4.78 is 26.1. The zero-order chi connectivity index (χ0) is 13.6. The lowest BCUT2D eigenvalue weighted by molar-refractivity contribution is 0.0635. The van der Waals surface area contributed by atoms with Gasteiger partial charge in [0, 0.05) is 0 Å². The van der Waals surface area contributed by atoms with Crippen molar-refractivity contribution in [3.63, 3.8) is 0 Å². The molecular formula is C11H8F2N2O2S. The van der Waals surface area contributed by atoms with E-state index in [0.29, 0.717) is 12.1 Å². The Morgan fingerprint density at radius 1 is 1.22 bits per heavy atom. The number of imide groups is 1. The third kappa shape index (κ3) is 1.67. The summed E-state index contributed by atoms with van der Waals surface area (Å²) in [7, 11) is 0. The molecule has 2 rings (SSSR count). The van der Waals surface area contributed by atoms with Gasteiger partial charge < -0.3 is 5.73 Å². The fourth-order valence-corrected chi connectivity index (χ4v) is 1.84. The van der Waals surface area contributed by atoms with E-state index >= 15 is 0 Å². The van der Waals surface area contributed by atoms with Gasteiger partial charge >= 0.3 is 0 Å². The highest BCUT2D eigenvalue weighted by Crippen LogP contribution is 2.26. The van der Waals surface area contributed by atoms with Gasteiger partial charge in [0.25, 0.3) is 11.8 Å². The molecule has 1 unspecified atom stereocenters. The number of thiocarbonyl (C=S) groups is 1. The third-order valence-electron chi connectivity index (χ3n) is 2.76. The van der Waals surface area contributed by atoms with Gasteiger partial charge in [-0.25, -0.2) is 8.78 Å². The lowest BCUT2D eigenvalue weighted by atomic mass is 10.1. The second-order valence-corrected chi connectivity index (χ2v) is 4.34. The topological polar surface area (TPSA) is 63.4 Å². The molecule has 7 heteroatoms. The number of amides is 2. The van der Waals surface area contributed by atoms with Gasteiger partial charge in [-0.1, -0.05) is 12.2 Å². The van der Waals surface area contributed by atoms with Crippen LogP contribution in [-0.4, -0.2) is 27.7 Å². The fraction of sp³-hybridized carbons (Fsp3) is 0.182. The van der Waals surface area contributed by atoms with Gasteiger partial charge in [-0.15, -0.1) is 0 Å². The van der Waals surface area contributed by atoms with Crippen molar-refractivity contribution in [1.82, 2.24) is 4.90 Å². The van der Waals surface area contributed by atoms with Crippen LogP contribution in [0, 0.1) is 11.6 Å². The van der Waals surface area contributed by atoms with Crippen LogP contribution in [0.4, 0.5) is 8.78 Å². The van der Waals surface area contributed by atoms with Gasteiger partial charge in [-0.3, -0.25) is 14.5 Å². The Bertz CT molecular complexity index is 548. The van der Waals surface area contributed by atoms with Crippen LogP contribution in [0.15, 0.2) is 12.1 Å². The summed E-state index contributed by atoms with van der Waals surface area (Å²) in [5, 5.41) is 0. The Kier molecular flexibility index (Phi) is 2.86. The molecule has 4 nitrogen and oxygen atoms in total. The summed E-state index contributed by atoms with van der Waals surface area (Å²) in [6.45, 7) is 1.47. The summed E-state index contributed by atoms with van der Waals surface area (Å²) >= 11 is 4.71. The van der Waals surface area contributed by atoms with Crippen LogP contribution in [0.5, 0.6) is 0 Å². The van der Waals surface area contributed by atoms with Crippen LogP contribution >= 0.6 is 12.2 Å². The molecule has 0 aliphatic carbocycles. The molecule has 0 saturated heterocycles. The standard InChI is InChI=1S/C11H8F2N2O2S/c1-4(9(14)18)15-10(16)5-2-7(12)8(13)3-6(5)11(15)17/h2-4H,1H3,(H2,14,18). The van der Waals surface area contributed by atoms with Gasteiger partial charge in [-0.2, -0.15) is 0 Å². The van der Waals surface area contributed by atoms with Crippen molar-refractivity contribution in [1.29, 1.82) is 0 Å². The van der Waals surface area contributed by atoms with Crippen molar-refractivity contribution in [2.75, 3.05) is 0 Å². The molecule has 1 aromatic carbocycles. The van der Waals surface area contributed by atoms with Crippen LogP contribution in [-0.2, 0) is 0 Å². The Morgan fingerprint density at radius 2 is 1.61 bits per heavy atom. The molecule has 0 aromatic heterocycles. The Morgan fingerprint density at radius 3 is 1.94 bits per heavy atom. The van der Waals surface area contributed by atoms with E-state index in [-0.39, 0.29) is 16.1 Å². The molecule has 18 heavy (non-hydrogen) atoms. The van der Waals surface area contributed by atoms with Crippen molar-refractivity contribution in [2.24, 2.45) is 5.73 Å². The fourth-order valence-electron chi connectivity index (χ4n) is 1.73. The van der Waals surface area contributed by atoms with E-state index in [4.69, 9.17) is 18.0 Å². The van der Waals surface area contributed by atoms with Crippen molar-refractivity contribution in [3.05, 3.63) is 34.9 Å². The van der Waals surface area contributed by atoms with E-state index in [2.05, 4.69) is 0 Å². The number of benzene rings is 1. The number of halogens is 2. The molecule has 94 valence electrons. The Labute approximate surface area is 106 Å². The van der Waals surface area contributed by atoms with Crippen LogP contribution in [0.3, 0.4) is 0 Å². The van der Waals surface area contributed by atoms with Gasteiger partial charge in [-0.05, 0) is 19.1 Å². The van der Waals surface area contributed by atoms with Gasteiger partial charge in [0.2, 0.25) is 0 Å². The summed E-state index contributed by atoms with van der Waals surface area (Å²) in [6, 6.07) is 0.604. The normalized spacial score (nSPS) is 15.8. The molecule has 1 aliphatic rings. The minimum Gasteiger partial charge on any atom is -0.392 e. The zero-order valence-electron chi connectivity index (χ0n) is 9.24. The minimum absolute atomic E-state index is 0.0505. The lowest BCUT2D eigenvalue weighted by Gasteiger charge is -2.20. The van der Waals surface area contributed by atoms with Crippen molar-refractivity contribution >= 4 is 29.0 Å². The third-order valence-corrected chi connectivity index (χ3v) is 3.10. The molecule has 0 fully saturated rings. The Balaban J connectivity index is 2.54. The predicted octanol–water partition coefficient (Wildman–Crippen LogP) is 1.24. The monoisotopic (exact) mass is 270 g/mol. The molecule has 0 spiro atoms. The van der Waals surface area contributed by atoms with Crippen LogP contribution in [0.2, 0.25) is 0 Å². The highest BCUT2D eigenvalue weighted by molar-refractivity contribution is 7.80. The molecule has 2 amide bonds. The number of hydrogen-bond donors (Lipinski definition) is 1. The molecule has 1 aliphatic heterocycles. The van der Waals surface area contributed by atoms with Crippen LogP contribution in [0.25, 0.3) is 0 Å². The zero-order valence-corrected chi connectivity index (χ0v) is 10.1. The molecule has 1 heterocycles. The van der Waals surface area contributed by atoms with E-state index in [0.717, 1.165) is 4.90 Å². The quantitative estimate of drug-likeness (QED) is 0.648. The molecule has 2 N–H and O–H groups in total.